The molecule has 142 valence electrons. The van der Waals surface area contributed by atoms with Crippen LogP contribution in [0.1, 0.15) is 58.1 Å². The third kappa shape index (κ3) is 7.10. The highest BCUT2D eigenvalue weighted by atomic mass is 16.3. The van der Waals surface area contributed by atoms with E-state index in [0.717, 1.165) is 44.2 Å². The normalized spacial score (nSPS) is 17.7. The largest absolute Gasteiger partial charge is 0.469 e. The standard InChI is InChI=1S/C20H35N3O2/c1-17(2)15-22-19(21-12-8-18-7-6-14-25-18)23-16-20(11-13-24)9-4-3-5-10-20/h6-7,14,17,24H,3-5,8-13,15-16H2,1-2H3,(H2,21,22,23). The number of nitrogens with one attached hydrogen (secondary N) is 2. The van der Waals surface area contributed by atoms with Crippen molar-refractivity contribution in [1.29, 1.82) is 0 Å². The van der Waals surface area contributed by atoms with E-state index >= 15 is 0 Å². The zero-order valence-corrected chi connectivity index (χ0v) is 15.9. The van der Waals surface area contributed by atoms with Crippen LogP contribution in [-0.2, 0) is 6.42 Å². The topological polar surface area (TPSA) is 69.8 Å². The Hall–Kier alpha value is -1.49. The second kappa shape index (κ2) is 10.5. The summed E-state index contributed by atoms with van der Waals surface area (Å²) in [5, 5.41) is 16.4. The number of aliphatic imine (C=N–C) groups is 1. The van der Waals surface area contributed by atoms with Gasteiger partial charge in [0.15, 0.2) is 5.96 Å². The maximum absolute atomic E-state index is 9.48. The van der Waals surface area contributed by atoms with Crippen molar-refractivity contribution in [3.63, 3.8) is 0 Å². The zero-order valence-electron chi connectivity index (χ0n) is 15.9. The van der Waals surface area contributed by atoms with Gasteiger partial charge in [-0.2, -0.15) is 0 Å². The fraction of sp³-hybridized carbons (Fsp3) is 0.750. The summed E-state index contributed by atoms with van der Waals surface area (Å²) in [6.45, 7) is 7.14. The molecule has 0 spiro atoms. The minimum absolute atomic E-state index is 0.181. The number of guanidine groups is 1. The van der Waals surface area contributed by atoms with Gasteiger partial charge >= 0.3 is 0 Å². The highest BCUT2D eigenvalue weighted by Crippen LogP contribution is 2.39. The minimum Gasteiger partial charge on any atom is -0.469 e. The number of hydrogen-bond donors (Lipinski definition) is 3. The summed E-state index contributed by atoms with van der Waals surface area (Å²) < 4.78 is 5.39. The molecule has 1 aliphatic carbocycles. The smallest absolute Gasteiger partial charge is 0.191 e. The summed E-state index contributed by atoms with van der Waals surface area (Å²) >= 11 is 0. The average Bonchev–Trinajstić information content (AvgIpc) is 3.11. The van der Waals surface area contributed by atoms with E-state index in [2.05, 4.69) is 24.5 Å². The lowest BCUT2D eigenvalue weighted by molar-refractivity contribution is 0.137. The number of rotatable bonds is 9. The lowest BCUT2D eigenvalue weighted by atomic mass is 9.72. The highest BCUT2D eigenvalue weighted by Gasteiger charge is 2.31. The monoisotopic (exact) mass is 349 g/mol. The van der Waals surface area contributed by atoms with Crippen LogP contribution in [0.2, 0.25) is 0 Å². The molecule has 0 aliphatic heterocycles. The first-order valence-corrected chi connectivity index (χ1v) is 9.79. The molecule has 0 bridgehead atoms. The van der Waals surface area contributed by atoms with Gasteiger partial charge < -0.3 is 20.2 Å². The molecule has 3 N–H and O–H groups in total. The van der Waals surface area contributed by atoms with Gasteiger partial charge in [-0.3, -0.25) is 4.99 Å². The van der Waals surface area contributed by atoms with Crippen LogP contribution in [-0.4, -0.2) is 37.3 Å². The van der Waals surface area contributed by atoms with Crippen LogP contribution in [0.15, 0.2) is 27.8 Å². The van der Waals surface area contributed by atoms with E-state index in [-0.39, 0.29) is 12.0 Å². The van der Waals surface area contributed by atoms with Crippen molar-refractivity contribution >= 4 is 5.96 Å². The van der Waals surface area contributed by atoms with Crippen LogP contribution < -0.4 is 10.6 Å². The van der Waals surface area contributed by atoms with Crippen LogP contribution >= 0.6 is 0 Å². The Morgan fingerprint density at radius 2 is 2.08 bits per heavy atom. The van der Waals surface area contributed by atoms with Gasteiger partial charge in [0.25, 0.3) is 0 Å². The zero-order chi connectivity index (χ0) is 18.0. The second-order valence-electron chi connectivity index (χ2n) is 7.73. The van der Waals surface area contributed by atoms with Crippen molar-refractivity contribution in [3.05, 3.63) is 24.2 Å². The highest BCUT2D eigenvalue weighted by molar-refractivity contribution is 5.79. The molecule has 25 heavy (non-hydrogen) atoms. The van der Waals surface area contributed by atoms with E-state index < -0.39 is 0 Å². The van der Waals surface area contributed by atoms with Gasteiger partial charge in [0, 0.05) is 32.7 Å². The summed E-state index contributed by atoms with van der Waals surface area (Å²) in [5.74, 6) is 2.43. The predicted molar refractivity (Wildman–Crippen MR) is 103 cm³/mol. The van der Waals surface area contributed by atoms with Gasteiger partial charge in [0.2, 0.25) is 0 Å². The first-order valence-electron chi connectivity index (χ1n) is 9.79. The Morgan fingerprint density at radius 3 is 2.72 bits per heavy atom. The molecular formula is C20H35N3O2. The Labute approximate surface area is 152 Å². The summed E-state index contributed by atoms with van der Waals surface area (Å²) in [6, 6.07) is 3.92. The van der Waals surface area contributed by atoms with Crippen LogP contribution in [0.3, 0.4) is 0 Å². The molecule has 1 fully saturated rings. The summed E-state index contributed by atoms with van der Waals surface area (Å²) in [6.07, 6.45) is 9.62. The molecule has 0 amide bonds. The molecule has 0 aromatic carbocycles. The Kier molecular flexibility index (Phi) is 8.32. The third-order valence-electron chi connectivity index (χ3n) is 5.05. The van der Waals surface area contributed by atoms with Crippen LogP contribution in [0, 0.1) is 11.3 Å². The summed E-state index contributed by atoms with van der Waals surface area (Å²) in [4.78, 5) is 4.88. The van der Waals surface area contributed by atoms with Crippen molar-refractivity contribution < 1.29 is 9.52 Å². The fourth-order valence-corrected chi connectivity index (χ4v) is 3.51. The molecule has 1 saturated carbocycles. The number of nitrogens with zero attached hydrogens (tertiary/aromatic N) is 1. The molecule has 0 atom stereocenters. The lowest BCUT2D eigenvalue weighted by Crippen LogP contribution is -2.41. The Morgan fingerprint density at radius 1 is 1.28 bits per heavy atom. The molecule has 1 aromatic rings. The molecular weight excluding hydrogens is 314 g/mol. The van der Waals surface area contributed by atoms with E-state index in [4.69, 9.17) is 9.41 Å². The fourth-order valence-electron chi connectivity index (χ4n) is 3.51. The third-order valence-corrected chi connectivity index (χ3v) is 5.05. The molecule has 2 rings (SSSR count). The van der Waals surface area contributed by atoms with E-state index in [0.29, 0.717) is 5.92 Å². The summed E-state index contributed by atoms with van der Waals surface area (Å²) in [7, 11) is 0. The lowest BCUT2D eigenvalue weighted by Gasteiger charge is -2.35. The molecule has 5 nitrogen and oxygen atoms in total. The maximum atomic E-state index is 9.48. The maximum Gasteiger partial charge on any atom is 0.191 e. The van der Waals surface area contributed by atoms with Gasteiger partial charge in [0.1, 0.15) is 5.76 Å². The van der Waals surface area contributed by atoms with E-state index in [1.165, 1.54) is 32.1 Å². The molecule has 0 unspecified atom stereocenters. The van der Waals surface area contributed by atoms with Gasteiger partial charge in [-0.25, -0.2) is 0 Å². The Bertz CT molecular complexity index is 486. The molecule has 1 aromatic heterocycles. The van der Waals surface area contributed by atoms with Crippen LogP contribution in [0.4, 0.5) is 0 Å². The van der Waals surface area contributed by atoms with Crippen molar-refractivity contribution in [1.82, 2.24) is 10.6 Å². The quantitative estimate of drug-likeness (QED) is 0.472. The minimum atomic E-state index is 0.181. The van der Waals surface area contributed by atoms with E-state index in [1.54, 1.807) is 6.26 Å². The van der Waals surface area contributed by atoms with Crippen molar-refractivity contribution in [2.75, 3.05) is 26.2 Å². The Balaban J connectivity index is 1.92. The van der Waals surface area contributed by atoms with Crippen molar-refractivity contribution in [3.8, 4) is 0 Å². The molecule has 0 saturated heterocycles. The predicted octanol–water partition coefficient (Wildman–Crippen LogP) is 3.35. The van der Waals surface area contributed by atoms with Gasteiger partial charge in [-0.05, 0) is 42.7 Å². The van der Waals surface area contributed by atoms with Crippen LogP contribution in [0.25, 0.3) is 0 Å². The molecule has 0 radical (unpaired) electrons. The SMILES string of the molecule is CC(C)CNC(=NCC1(CCO)CCCCC1)NCCc1ccco1. The number of hydrogen-bond acceptors (Lipinski definition) is 3. The van der Waals surface area contributed by atoms with Gasteiger partial charge in [-0.1, -0.05) is 33.1 Å². The first kappa shape index (κ1) is 19.8. The second-order valence-corrected chi connectivity index (χ2v) is 7.73. The number of aliphatic hydroxyl groups excluding tert-OH is 1. The number of furan rings is 1. The average molecular weight is 350 g/mol. The van der Waals surface area contributed by atoms with E-state index in [9.17, 15) is 5.11 Å². The van der Waals surface area contributed by atoms with Crippen molar-refractivity contribution in [2.24, 2.45) is 16.3 Å². The summed E-state index contributed by atoms with van der Waals surface area (Å²) in [5.41, 5.74) is 0.181. The van der Waals surface area contributed by atoms with Gasteiger partial charge in [-0.15, -0.1) is 0 Å². The number of aliphatic hydroxyl groups is 1. The first-order chi connectivity index (χ1) is 12.1. The van der Waals surface area contributed by atoms with Crippen molar-refractivity contribution in [2.45, 2.75) is 58.8 Å². The molecule has 5 heteroatoms. The molecule has 1 heterocycles. The van der Waals surface area contributed by atoms with Gasteiger partial charge in [0.05, 0.1) is 6.26 Å². The van der Waals surface area contributed by atoms with Crippen LogP contribution in [0.5, 0.6) is 0 Å². The molecule has 1 aliphatic rings. The van der Waals surface area contributed by atoms with E-state index in [1.807, 2.05) is 12.1 Å².